The van der Waals surface area contributed by atoms with Gasteiger partial charge in [0.25, 0.3) is 0 Å². The van der Waals surface area contributed by atoms with E-state index in [1.807, 2.05) is 24.3 Å². The van der Waals surface area contributed by atoms with Gasteiger partial charge in [0, 0.05) is 30.2 Å². The van der Waals surface area contributed by atoms with E-state index in [-0.39, 0.29) is 5.92 Å². The largest absolute Gasteiger partial charge is 0.342 e. The molecule has 6 nitrogen and oxygen atoms in total. The second-order valence-electron chi connectivity index (χ2n) is 8.13. The van der Waals surface area contributed by atoms with E-state index in [1.54, 1.807) is 0 Å². The monoisotopic (exact) mass is 402 g/mol. The predicted molar refractivity (Wildman–Crippen MR) is 108 cm³/mol. The Balaban J connectivity index is 1.37. The molecule has 1 amide bonds. The van der Waals surface area contributed by atoms with Crippen LogP contribution in [0.15, 0.2) is 28.8 Å². The van der Waals surface area contributed by atoms with E-state index in [9.17, 15) is 4.79 Å². The highest BCUT2D eigenvalue weighted by atomic mass is 35.5. The van der Waals surface area contributed by atoms with Gasteiger partial charge in [0.1, 0.15) is 0 Å². The SMILES string of the molecule is CC1CCCN(C(=O)C2CCCN(Cc3nc(-c4cccc(Cl)c4)no3)C2)C1. The number of hydrogen-bond donors (Lipinski definition) is 0. The second kappa shape index (κ2) is 8.62. The van der Waals surface area contributed by atoms with Crippen LogP contribution in [0.1, 0.15) is 38.5 Å². The van der Waals surface area contributed by atoms with Gasteiger partial charge in [0.05, 0.1) is 12.5 Å². The topological polar surface area (TPSA) is 62.5 Å². The molecule has 2 aliphatic rings. The number of nitrogens with zero attached hydrogens (tertiary/aromatic N) is 4. The molecule has 0 N–H and O–H groups in total. The zero-order chi connectivity index (χ0) is 19.5. The highest BCUT2D eigenvalue weighted by Crippen LogP contribution is 2.25. The lowest BCUT2D eigenvalue weighted by Crippen LogP contribution is -2.47. The molecule has 2 saturated heterocycles. The molecule has 28 heavy (non-hydrogen) atoms. The summed E-state index contributed by atoms with van der Waals surface area (Å²) in [6, 6.07) is 7.43. The van der Waals surface area contributed by atoms with Crippen LogP contribution in [0.2, 0.25) is 5.02 Å². The van der Waals surface area contributed by atoms with Crippen LogP contribution in [0.3, 0.4) is 0 Å². The molecule has 3 heterocycles. The summed E-state index contributed by atoms with van der Waals surface area (Å²) in [6.07, 6.45) is 4.34. The van der Waals surface area contributed by atoms with Gasteiger partial charge in [-0.1, -0.05) is 35.8 Å². The van der Waals surface area contributed by atoms with Crippen LogP contribution in [-0.4, -0.2) is 52.0 Å². The van der Waals surface area contributed by atoms with Gasteiger partial charge in [-0.05, 0) is 50.3 Å². The number of aromatic nitrogens is 2. The number of amides is 1. The van der Waals surface area contributed by atoms with Gasteiger partial charge in [-0.3, -0.25) is 9.69 Å². The smallest absolute Gasteiger partial charge is 0.241 e. The lowest BCUT2D eigenvalue weighted by molar-refractivity contribution is -0.139. The molecule has 2 atom stereocenters. The average molecular weight is 403 g/mol. The number of benzene rings is 1. The Morgan fingerprint density at radius 2 is 2.11 bits per heavy atom. The number of halogens is 1. The fourth-order valence-corrected chi connectivity index (χ4v) is 4.49. The van der Waals surface area contributed by atoms with Crippen molar-refractivity contribution in [2.75, 3.05) is 26.2 Å². The van der Waals surface area contributed by atoms with Crippen molar-refractivity contribution in [1.29, 1.82) is 0 Å². The summed E-state index contributed by atoms with van der Waals surface area (Å²) < 4.78 is 5.45. The molecular weight excluding hydrogens is 376 g/mol. The Labute approximate surface area is 170 Å². The molecule has 7 heteroatoms. The Morgan fingerprint density at radius 3 is 2.93 bits per heavy atom. The number of likely N-dealkylation sites (tertiary alicyclic amines) is 2. The van der Waals surface area contributed by atoms with Gasteiger partial charge in [-0.2, -0.15) is 4.98 Å². The van der Waals surface area contributed by atoms with Crippen LogP contribution in [-0.2, 0) is 11.3 Å². The van der Waals surface area contributed by atoms with Crippen molar-refractivity contribution in [2.45, 2.75) is 39.2 Å². The lowest BCUT2D eigenvalue weighted by Gasteiger charge is -2.37. The molecule has 0 radical (unpaired) electrons. The molecule has 2 fully saturated rings. The van der Waals surface area contributed by atoms with Gasteiger partial charge >= 0.3 is 0 Å². The van der Waals surface area contributed by atoms with Crippen LogP contribution < -0.4 is 0 Å². The Hall–Kier alpha value is -1.92. The van der Waals surface area contributed by atoms with E-state index >= 15 is 0 Å². The van der Waals surface area contributed by atoms with Crippen LogP contribution in [0.4, 0.5) is 0 Å². The minimum absolute atomic E-state index is 0.0781. The van der Waals surface area contributed by atoms with Crippen molar-refractivity contribution in [2.24, 2.45) is 11.8 Å². The third kappa shape index (κ3) is 4.55. The van der Waals surface area contributed by atoms with E-state index in [4.69, 9.17) is 16.1 Å². The number of piperidine rings is 2. The van der Waals surface area contributed by atoms with Crippen LogP contribution in [0.5, 0.6) is 0 Å². The molecule has 0 aliphatic carbocycles. The zero-order valence-corrected chi connectivity index (χ0v) is 17.1. The summed E-state index contributed by atoms with van der Waals surface area (Å²) in [7, 11) is 0. The van der Waals surface area contributed by atoms with Gasteiger partial charge < -0.3 is 9.42 Å². The first-order chi connectivity index (χ1) is 13.6. The summed E-state index contributed by atoms with van der Waals surface area (Å²) in [4.78, 5) is 21.8. The van der Waals surface area contributed by atoms with Gasteiger partial charge in [-0.15, -0.1) is 0 Å². The van der Waals surface area contributed by atoms with E-state index in [0.29, 0.717) is 35.1 Å². The van der Waals surface area contributed by atoms with Gasteiger partial charge in [0.15, 0.2) is 0 Å². The number of rotatable bonds is 4. The summed E-state index contributed by atoms with van der Waals surface area (Å²) in [5, 5.41) is 4.73. The summed E-state index contributed by atoms with van der Waals surface area (Å²) in [5.41, 5.74) is 0.841. The maximum absolute atomic E-state index is 13.0. The Bertz CT molecular complexity index is 824. The first-order valence-corrected chi connectivity index (χ1v) is 10.6. The first-order valence-electron chi connectivity index (χ1n) is 10.2. The molecule has 0 spiro atoms. The molecule has 4 rings (SSSR count). The standard InChI is InChI=1S/C21H27ClN4O2/c1-15-5-3-10-26(12-15)21(27)17-7-4-9-25(13-17)14-19-23-20(24-28-19)16-6-2-8-18(22)11-16/h2,6,8,11,15,17H,3-5,7,9-10,12-14H2,1H3. The van der Waals surface area contributed by atoms with E-state index in [1.165, 1.54) is 6.42 Å². The van der Waals surface area contributed by atoms with E-state index < -0.39 is 0 Å². The van der Waals surface area contributed by atoms with Crippen molar-refractivity contribution in [3.63, 3.8) is 0 Å². The Morgan fingerprint density at radius 1 is 1.25 bits per heavy atom. The van der Waals surface area contributed by atoms with Crippen LogP contribution >= 0.6 is 11.6 Å². The van der Waals surface area contributed by atoms with Gasteiger partial charge in [0.2, 0.25) is 17.6 Å². The highest BCUT2D eigenvalue weighted by molar-refractivity contribution is 6.30. The highest BCUT2D eigenvalue weighted by Gasteiger charge is 2.31. The maximum atomic E-state index is 13.0. The first kappa shape index (κ1) is 19.4. The molecule has 2 aliphatic heterocycles. The Kier molecular flexibility index (Phi) is 5.97. The van der Waals surface area contributed by atoms with Crippen LogP contribution in [0.25, 0.3) is 11.4 Å². The molecule has 2 unspecified atom stereocenters. The average Bonchev–Trinajstić information content (AvgIpc) is 3.16. The number of carbonyl (C=O) groups is 1. The normalized spacial score (nSPS) is 23.7. The quantitative estimate of drug-likeness (QED) is 0.777. The van der Waals surface area contributed by atoms with Crippen molar-refractivity contribution in [1.82, 2.24) is 19.9 Å². The molecule has 0 bridgehead atoms. The zero-order valence-electron chi connectivity index (χ0n) is 16.3. The van der Waals surface area contributed by atoms with Gasteiger partial charge in [-0.25, -0.2) is 0 Å². The number of carbonyl (C=O) groups excluding carboxylic acids is 1. The molecule has 0 saturated carbocycles. The fourth-order valence-electron chi connectivity index (χ4n) is 4.30. The van der Waals surface area contributed by atoms with E-state index in [0.717, 1.165) is 51.0 Å². The molecule has 1 aromatic heterocycles. The summed E-state index contributed by atoms with van der Waals surface area (Å²) in [5.74, 6) is 2.13. The molecule has 150 valence electrons. The maximum Gasteiger partial charge on any atom is 0.241 e. The second-order valence-corrected chi connectivity index (χ2v) is 8.56. The van der Waals surface area contributed by atoms with Crippen molar-refractivity contribution in [3.05, 3.63) is 35.2 Å². The van der Waals surface area contributed by atoms with Crippen molar-refractivity contribution < 1.29 is 9.32 Å². The predicted octanol–water partition coefficient (Wildman–Crippen LogP) is 3.86. The van der Waals surface area contributed by atoms with E-state index in [2.05, 4.69) is 26.9 Å². The summed E-state index contributed by atoms with van der Waals surface area (Å²) in [6.45, 7) is 6.34. The minimum Gasteiger partial charge on any atom is -0.342 e. The fraction of sp³-hybridized carbons (Fsp3) is 0.571. The summed E-state index contributed by atoms with van der Waals surface area (Å²) >= 11 is 6.05. The van der Waals surface area contributed by atoms with Crippen molar-refractivity contribution in [3.8, 4) is 11.4 Å². The minimum atomic E-state index is 0.0781. The third-order valence-electron chi connectivity index (χ3n) is 5.73. The van der Waals surface area contributed by atoms with Crippen molar-refractivity contribution >= 4 is 17.5 Å². The number of hydrogen-bond acceptors (Lipinski definition) is 5. The molecule has 1 aromatic carbocycles. The lowest BCUT2D eigenvalue weighted by atomic mass is 9.93. The van der Waals surface area contributed by atoms with Crippen LogP contribution in [0, 0.1) is 11.8 Å². The molecule has 2 aromatic rings. The molecular formula is C21H27ClN4O2. The third-order valence-corrected chi connectivity index (χ3v) is 5.97.